The van der Waals surface area contributed by atoms with Crippen LogP contribution in [0.25, 0.3) is 139 Å². The van der Waals surface area contributed by atoms with E-state index in [2.05, 4.69) is 290 Å². The smallest absolute Gasteiger partial charge is 0.160 e. The minimum absolute atomic E-state index is 0.719. The summed E-state index contributed by atoms with van der Waals surface area (Å²) in [5, 5.41) is 7.43. The molecule has 0 N–H and O–H groups in total. The molecule has 0 spiro atoms. The van der Waals surface area contributed by atoms with Crippen LogP contribution in [0.2, 0.25) is 0 Å². The van der Waals surface area contributed by atoms with E-state index < -0.39 is 0 Å². The normalized spacial score (nSPS) is 11.8. The molecule has 4 heterocycles. The molecule has 0 aliphatic carbocycles. The first-order valence-electron chi connectivity index (χ1n) is 27.2. The van der Waals surface area contributed by atoms with Gasteiger partial charge in [-0.1, -0.05) is 181 Å². The zero-order valence-corrected chi connectivity index (χ0v) is 44.4. The minimum atomic E-state index is 0.719. The van der Waals surface area contributed by atoms with E-state index in [-0.39, 0.29) is 0 Å². The summed E-state index contributed by atoms with van der Waals surface area (Å²) in [7, 11) is 0. The second kappa shape index (κ2) is 18.3. The Labute approximate surface area is 458 Å². The Morgan fingerprint density at radius 3 is 0.987 bits per heavy atom. The third kappa shape index (κ3) is 7.68. The topological polar surface area (TPSA) is 40.6 Å². The van der Waals surface area contributed by atoms with E-state index in [1.807, 2.05) is 0 Å². The fourth-order valence-corrected chi connectivity index (χ4v) is 12.4. The molecule has 0 bridgehead atoms. The number of aryl methyl sites for hydroxylation is 4. The molecule has 5 nitrogen and oxygen atoms in total. The number of hydrogen-bond donors (Lipinski definition) is 0. The van der Waals surface area contributed by atoms with E-state index >= 15 is 0 Å². The summed E-state index contributed by atoms with van der Waals surface area (Å²) in [5.41, 5.74) is 25.1. The highest BCUT2D eigenvalue weighted by molar-refractivity contribution is 6.14. The van der Waals surface area contributed by atoms with Crippen LogP contribution in [0.5, 0.6) is 0 Å². The van der Waals surface area contributed by atoms with Gasteiger partial charge in [0.15, 0.2) is 5.82 Å². The van der Waals surface area contributed by atoms with Gasteiger partial charge in [-0.3, -0.25) is 0 Å². The van der Waals surface area contributed by atoms with Crippen molar-refractivity contribution in [2.24, 2.45) is 0 Å². The zero-order chi connectivity index (χ0) is 52.9. The number of fused-ring (bicyclic) bond motifs is 9. The fraction of sp³-hybridized carbons (Fsp3) is 0.0541. The van der Waals surface area contributed by atoms with Crippen LogP contribution in [0.1, 0.15) is 22.3 Å². The van der Waals surface area contributed by atoms with Gasteiger partial charge < -0.3 is 13.7 Å². The molecule has 79 heavy (non-hydrogen) atoms. The standard InChI is InChI=1S/C74H53N5/c1-46-21-25-53(26-22-46)65-45-66(76-74(75-65)55-27-23-47(2)24-28-55)54-35-33-51(34-36-54)50-29-31-52(32-30-50)56-41-48(3)73(49(4)42-56)79-71-39-37-57(77-67-17-9-5-13-59(67)60-14-6-10-18-68(60)77)43-63(71)64-44-58(38-40-72(64)79)78-69-19-11-7-15-61(69)62-16-8-12-20-70(62)78/h5-45H,1-4H3. The van der Waals surface area contributed by atoms with Gasteiger partial charge in [-0.05, 0) is 140 Å². The third-order valence-corrected chi connectivity index (χ3v) is 16.2. The van der Waals surface area contributed by atoms with Crippen molar-refractivity contribution in [1.82, 2.24) is 23.7 Å². The van der Waals surface area contributed by atoms with E-state index in [1.54, 1.807) is 0 Å². The van der Waals surface area contributed by atoms with Crippen molar-refractivity contribution >= 4 is 65.4 Å². The maximum Gasteiger partial charge on any atom is 0.160 e. The number of hydrogen-bond acceptors (Lipinski definition) is 2. The van der Waals surface area contributed by atoms with E-state index in [9.17, 15) is 0 Å². The van der Waals surface area contributed by atoms with Crippen LogP contribution in [-0.2, 0) is 0 Å². The average Bonchev–Trinajstić information content (AvgIpc) is 4.07. The number of aromatic nitrogens is 5. The van der Waals surface area contributed by atoms with Crippen molar-refractivity contribution in [3.05, 3.63) is 271 Å². The molecule has 374 valence electrons. The van der Waals surface area contributed by atoms with Crippen LogP contribution in [-0.4, -0.2) is 23.7 Å². The zero-order valence-electron chi connectivity index (χ0n) is 44.4. The van der Waals surface area contributed by atoms with Crippen molar-refractivity contribution < 1.29 is 0 Å². The summed E-state index contributed by atoms with van der Waals surface area (Å²) >= 11 is 0. The molecule has 0 unspecified atom stereocenters. The van der Waals surface area contributed by atoms with E-state index in [1.165, 1.54) is 104 Å². The summed E-state index contributed by atoms with van der Waals surface area (Å²) in [5.74, 6) is 0.719. The van der Waals surface area contributed by atoms with E-state index in [0.29, 0.717) is 0 Å². The Kier molecular flexibility index (Phi) is 10.7. The predicted molar refractivity (Wildman–Crippen MR) is 331 cm³/mol. The van der Waals surface area contributed by atoms with Gasteiger partial charge in [0.05, 0.1) is 50.2 Å². The highest BCUT2D eigenvalue weighted by Crippen LogP contribution is 2.42. The van der Waals surface area contributed by atoms with Gasteiger partial charge >= 0.3 is 0 Å². The molecule has 0 saturated carbocycles. The quantitative estimate of drug-likeness (QED) is 0.152. The van der Waals surface area contributed by atoms with Crippen LogP contribution in [0.4, 0.5) is 0 Å². The summed E-state index contributed by atoms with van der Waals surface area (Å²) < 4.78 is 7.37. The molecule has 0 fully saturated rings. The van der Waals surface area contributed by atoms with Crippen LogP contribution in [0.15, 0.2) is 249 Å². The van der Waals surface area contributed by atoms with Gasteiger partial charge in [-0.25, -0.2) is 9.97 Å². The maximum absolute atomic E-state index is 5.11. The first kappa shape index (κ1) is 46.2. The van der Waals surface area contributed by atoms with Crippen molar-refractivity contribution in [2.45, 2.75) is 27.7 Å². The van der Waals surface area contributed by atoms with Crippen LogP contribution in [0.3, 0.4) is 0 Å². The second-order valence-corrected chi connectivity index (χ2v) is 21.3. The Morgan fingerprint density at radius 1 is 0.253 bits per heavy atom. The van der Waals surface area contributed by atoms with Crippen molar-refractivity contribution in [3.8, 4) is 73.2 Å². The summed E-state index contributed by atoms with van der Waals surface area (Å²) in [4.78, 5) is 10.2. The molecule has 15 rings (SSSR count). The Bertz CT molecular complexity index is 4530. The fourth-order valence-electron chi connectivity index (χ4n) is 12.4. The third-order valence-electron chi connectivity index (χ3n) is 16.2. The highest BCUT2D eigenvalue weighted by Gasteiger charge is 2.21. The first-order chi connectivity index (χ1) is 38.8. The van der Waals surface area contributed by atoms with Gasteiger partial charge in [0.1, 0.15) is 0 Å². The largest absolute Gasteiger partial charge is 0.309 e. The minimum Gasteiger partial charge on any atom is -0.309 e. The summed E-state index contributed by atoms with van der Waals surface area (Å²) in [6.45, 7) is 8.75. The first-order valence-corrected chi connectivity index (χ1v) is 27.2. The van der Waals surface area contributed by atoms with E-state index in [4.69, 9.17) is 9.97 Å². The van der Waals surface area contributed by atoms with E-state index in [0.717, 1.165) is 56.4 Å². The number of nitrogens with zero attached hydrogens (tertiary/aromatic N) is 5. The molecule has 0 aliphatic rings. The Morgan fingerprint density at radius 2 is 0.582 bits per heavy atom. The summed E-state index contributed by atoms with van der Waals surface area (Å²) in [6.07, 6.45) is 0. The summed E-state index contributed by atoms with van der Waals surface area (Å²) in [6, 6.07) is 90.8. The molecule has 4 aromatic heterocycles. The molecule has 11 aromatic carbocycles. The molecule has 0 amide bonds. The molecule has 0 radical (unpaired) electrons. The predicted octanol–water partition coefficient (Wildman–Crippen LogP) is 19.3. The van der Waals surface area contributed by atoms with Crippen molar-refractivity contribution in [2.75, 3.05) is 0 Å². The molecular formula is C74H53N5. The molecular weight excluding hydrogens is 959 g/mol. The highest BCUT2D eigenvalue weighted by atomic mass is 15.0. The lowest BCUT2D eigenvalue weighted by Crippen LogP contribution is -2.01. The molecule has 5 heteroatoms. The van der Waals surface area contributed by atoms with Gasteiger partial charge in [0.2, 0.25) is 0 Å². The number of benzene rings is 11. The van der Waals surface area contributed by atoms with Gasteiger partial charge in [0, 0.05) is 60.4 Å². The molecule has 0 saturated heterocycles. The number of rotatable bonds is 8. The Hall–Kier alpha value is -10.1. The van der Waals surface area contributed by atoms with Gasteiger partial charge in [0.25, 0.3) is 0 Å². The maximum atomic E-state index is 5.11. The van der Waals surface area contributed by atoms with Gasteiger partial charge in [-0.2, -0.15) is 0 Å². The lowest BCUT2D eigenvalue weighted by atomic mass is 9.96. The van der Waals surface area contributed by atoms with Gasteiger partial charge in [-0.15, -0.1) is 0 Å². The SMILES string of the molecule is Cc1ccc(-c2cc(-c3ccc(-c4ccc(-c5cc(C)c(-n6c7ccc(-n8c9ccccc9c9ccccc98)cc7c7cc(-n8c9ccccc9c9ccccc98)ccc76)c(C)c5)cc4)cc3)nc(-c3ccc(C)cc3)n2)cc1. The van der Waals surface area contributed by atoms with Crippen LogP contribution >= 0.6 is 0 Å². The van der Waals surface area contributed by atoms with Crippen molar-refractivity contribution in [1.29, 1.82) is 0 Å². The lowest BCUT2D eigenvalue weighted by Gasteiger charge is -2.17. The van der Waals surface area contributed by atoms with Crippen molar-refractivity contribution in [3.63, 3.8) is 0 Å². The molecule has 15 aromatic rings. The number of para-hydroxylation sites is 4. The monoisotopic (exact) mass is 1010 g/mol. The molecule has 0 atom stereocenters. The Balaban J connectivity index is 0.806. The average molecular weight is 1010 g/mol. The van der Waals surface area contributed by atoms with Crippen LogP contribution < -0.4 is 0 Å². The molecule has 0 aliphatic heterocycles. The van der Waals surface area contributed by atoms with Crippen LogP contribution in [0, 0.1) is 27.7 Å². The lowest BCUT2D eigenvalue weighted by molar-refractivity contribution is 1.12. The second-order valence-electron chi connectivity index (χ2n) is 21.3.